The van der Waals surface area contributed by atoms with Crippen LogP contribution in [0.1, 0.15) is 49.8 Å². The number of nitrogens with one attached hydrogen (secondary N) is 2. The number of aryl methyl sites for hydroxylation is 1. The molecule has 2 aliphatic rings. The summed E-state index contributed by atoms with van der Waals surface area (Å²) in [5.74, 6) is 0.0550. The minimum absolute atomic E-state index is 0.103. The van der Waals surface area contributed by atoms with Crippen LogP contribution in [0.4, 0.5) is 0 Å². The van der Waals surface area contributed by atoms with Crippen molar-refractivity contribution in [2.24, 2.45) is 0 Å². The number of nitrogens with zero attached hydrogens (tertiary/aromatic N) is 1. The van der Waals surface area contributed by atoms with Gasteiger partial charge in [-0.2, -0.15) is 0 Å². The van der Waals surface area contributed by atoms with Gasteiger partial charge < -0.3 is 15.5 Å². The first kappa shape index (κ1) is 17.0. The zero-order valence-electron chi connectivity index (χ0n) is 14.5. The van der Waals surface area contributed by atoms with E-state index in [4.69, 9.17) is 0 Å². The molecule has 5 nitrogen and oxygen atoms in total. The lowest BCUT2D eigenvalue weighted by Crippen LogP contribution is -2.44. The van der Waals surface area contributed by atoms with E-state index in [-0.39, 0.29) is 17.9 Å². The Labute approximate surface area is 143 Å². The van der Waals surface area contributed by atoms with E-state index in [9.17, 15) is 9.59 Å². The monoisotopic (exact) mass is 329 g/mol. The average molecular weight is 329 g/mol. The van der Waals surface area contributed by atoms with Gasteiger partial charge in [0.2, 0.25) is 11.8 Å². The van der Waals surface area contributed by atoms with Crippen LogP contribution in [-0.2, 0) is 9.59 Å². The topological polar surface area (TPSA) is 61.4 Å². The molecule has 24 heavy (non-hydrogen) atoms. The molecule has 130 valence electrons. The molecule has 5 heteroatoms. The third-order valence-corrected chi connectivity index (χ3v) is 5.18. The molecule has 0 radical (unpaired) electrons. The van der Waals surface area contributed by atoms with Gasteiger partial charge >= 0.3 is 0 Å². The minimum Gasteiger partial charge on any atom is -0.349 e. The van der Waals surface area contributed by atoms with E-state index in [0.29, 0.717) is 18.5 Å². The van der Waals surface area contributed by atoms with Gasteiger partial charge in [0.25, 0.3) is 0 Å². The molecular weight excluding hydrogens is 302 g/mol. The largest absolute Gasteiger partial charge is 0.349 e. The normalized spacial score (nSPS) is 24.3. The SMILES string of the molecule is CC(=O)NC(CC(=O)N1C2CCNCC1CC2)c1ccc(C)cc1. The van der Waals surface area contributed by atoms with Crippen LogP contribution >= 0.6 is 0 Å². The van der Waals surface area contributed by atoms with Crippen molar-refractivity contribution in [3.63, 3.8) is 0 Å². The van der Waals surface area contributed by atoms with Crippen molar-refractivity contribution >= 4 is 11.8 Å². The molecule has 2 N–H and O–H groups in total. The van der Waals surface area contributed by atoms with E-state index in [1.807, 2.05) is 31.2 Å². The maximum Gasteiger partial charge on any atom is 0.225 e. The molecular formula is C19H27N3O2. The molecule has 3 atom stereocenters. The molecule has 2 bridgehead atoms. The Morgan fingerprint density at radius 2 is 1.92 bits per heavy atom. The fraction of sp³-hybridized carbons (Fsp3) is 0.579. The van der Waals surface area contributed by atoms with E-state index >= 15 is 0 Å². The van der Waals surface area contributed by atoms with Crippen molar-refractivity contribution < 1.29 is 9.59 Å². The van der Waals surface area contributed by atoms with E-state index in [1.54, 1.807) is 0 Å². The first-order chi connectivity index (χ1) is 11.5. The minimum atomic E-state index is -0.258. The van der Waals surface area contributed by atoms with Gasteiger partial charge in [-0.15, -0.1) is 0 Å². The van der Waals surface area contributed by atoms with E-state index in [0.717, 1.165) is 37.9 Å². The summed E-state index contributed by atoms with van der Waals surface area (Å²) in [6.07, 6.45) is 3.54. The lowest BCUT2D eigenvalue weighted by atomic mass is 10.0. The second-order valence-electron chi connectivity index (χ2n) is 7.05. The smallest absolute Gasteiger partial charge is 0.225 e. The van der Waals surface area contributed by atoms with Crippen LogP contribution in [0.25, 0.3) is 0 Å². The molecule has 3 rings (SSSR count). The Bertz CT molecular complexity index is 585. The van der Waals surface area contributed by atoms with Crippen LogP contribution in [0.5, 0.6) is 0 Å². The number of carbonyl (C=O) groups is 2. The van der Waals surface area contributed by atoms with E-state index < -0.39 is 0 Å². The molecule has 2 aliphatic heterocycles. The van der Waals surface area contributed by atoms with Gasteiger partial charge in [-0.3, -0.25) is 9.59 Å². The average Bonchev–Trinajstić information content (AvgIpc) is 2.80. The van der Waals surface area contributed by atoms with Crippen LogP contribution in [-0.4, -0.2) is 41.9 Å². The number of amides is 2. The second kappa shape index (κ2) is 7.34. The van der Waals surface area contributed by atoms with Gasteiger partial charge in [0.1, 0.15) is 0 Å². The lowest BCUT2D eigenvalue weighted by Gasteiger charge is -2.30. The predicted molar refractivity (Wildman–Crippen MR) is 93.5 cm³/mol. The highest BCUT2D eigenvalue weighted by Crippen LogP contribution is 2.30. The Hall–Kier alpha value is -1.88. The third kappa shape index (κ3) is 3.78. The van der Waals surface area contributed by atoms with Crippen LogP contribution in [0.15, 0.2) is 24.3 Å². The van der Waals surface area contributed by atoms with Crippen LogP contribution in [0.2, 0.25) is 0 Å². The second-order valence-corrected chi connectivity index (χ2v) is 7.05. The fourth-order valence-electron chi connectivity index (χ4n) is 3.97. The van der Waals surface area contributed by atoms with Crippen molar-refractivity contribution in [3.8, 4) is 0 Å². The Morgan fingerprint density at radius 3 is 2.62 bits per heavy atom. The molecule has 2 amide bonds. The highest BCUT2D eigenvalue weighted by atomic mass is 16.2. The van der Waals surface area contributed by atoms with Gasteiger partial charge in [0, 0.05) is 25.6 Å². The predicted octanol–water partition coefficient (Wildman–Crippen LogP) is 1.92. The summed E-state index contributed by atoms with van der Waals surface area (Å²) in [6.45, 7) is 5.41. The molecule has 2 saturated heterocycles. The third-order valence-electron chi connectivity index (χ3n) is 5.18. The summed E-state index contributed by atoms with van der Waals surface area (Å²) < 4.78 is 0. The van der Waals surface area contributed by atoms with Crippen LogP contribution in [0.3, 0.4) is 0 Å². The highest BCUT2D eigenvalue weighted by Gasteiger charge is 2.38. The summed E-state index contributed by atoms with van der Waals surface area (Å²) in [7, 11) is 0. The van der Waals surface area contributed by atoms with Gasteiger partial charge in [0.05, 0.1) is 12.5 Å². The van der Waals surface area contributed by atoms with Crippen molar-refractivity contribution in [2.45, 2.75) is 57.7 Å². The molecule has 0 spiro atoms. The summed E-state index contributed by atoms with van der Waals surface area (Å²) in [6, 6.07) is 8.45. The molecule has 2 heterocycles. The zero-order chi connectivity index (χ0) is 17.1. The summed E-state index contributed by atoms with van der Waals surface area (Å²) >= 11 is 0. The number of hydrogen-bond acceptors (Lipinski definition) is 3. The number of hydrogen-bond donors (Lipinski definition) is 2. The highest BCUT2D eigenvalue weighted by molar-refractivity contribution is 5.80. The number of fused-ring (bicyclic) bond motifs is 2. The quantitative estimate of drug-likeness (QED) is 0.887. The van der Waals surface area contributed by atoms with Gasteiger partial charge in [-0.25, -0.2) is 0 Å². The number of rotatable bonds is 4. The summed E-state index contributed by atoms with van der Waals surface area (Å²) in [5.41, 5.74) is 2.16. The molecule has 0 saturated carbocycles. The maximum absolute atomic E-state index is 13.0. The molecule has 0 aromatic heterocycles. The summed E-state index contributed by atoms with van der Waals surface area (Å²) in [5, 5.41) is 6.37. The molecule has 1 aromatic carbocycles. The van der Waals surface area contributed by atoms with Gasteiger partial charge in [-0.1, -0.05) is 29.8 Å². The van der Waals surface area contributed by atoms with Crippen molar-refractivity contribution in [1.82, 2.24) is 15.5 Å². The molecule has 2 fully saturated rings. The first-order valence-electron chi connectivity index (χ1n) is 8.90. The summed E-state index contributed by atoms with van der Waals surface area (Å²) in [4.78, 5) is 26.7. The van der Waals surface area contributed by atoms with E-state index in [1.165, 1.54) is 12.5 Å². The maximum atomic E-state index is 13.0. The van der Waals surface area contributed by atoms with Crippen molar-refractivity contribution in [3.05, 3.63) is 35.4 Å². The number of carbonyl (C=O) groups excluding carboxylic acids is 2. The number of benzene rings is 1. The Morgan fingerprint density at radius 1 is 1.21 bits per heavy atom. The van der Waals surface area contributed by atoms with Gasteiger partial charge in [-0.05, 0) is 38.3 Å². The molecule has 0 aliphatic carbocycles. The fourth-order valence-corrected chi connectivity index (χ4v) is 3.97. The van der Waals surface area contributed by atoms with Crippen LogP contribution in [0, 0.1) is 6.92 Å². The molecule has 1 aromatic rings. The van der Waals surface area contributed by atoms with Crippen LogP contribution < -0.4 is 10.6 Å². The van der Waals surface area contributed by atoms with Gasteiger partial charge in [0.15, 0.2) is 0 Å². The standard InChI is InChI=1S/C19H27N3O2/c1-13-3-5-15(6-4-13)18(21-14(2)23)11-19(24)22-16-7-8-17(22)12-20-10-9-16/h3-6,16-18,20H,7-12H2,1-2H3,(H,21,23). The Balaban J connectivity index is 1.75. The van der Waals surface area contributed by atoms with Crippen molar-refractivity contribution in [1.29, 1.82) is 0 Å². The first-order valence-corrected chi connectivity index (χ1v) is 8.90. The van der Waals surface area contributed by atoms with E-state index in [2.05, 4.69) is 15.5 Å². The zero-order valence-corrected chi connectivity index (χ0v) is 14.5. The van der Waals surface area contributed by atoms with Crippen molar-refractivity contribution in [2.75, 3.05) is 13.1 Å². The Kier molecular flexibility index (Phi) is 5.19. The molecule has 3 unspecified atom stereocenters. The lowest BCUT2D eigenvalue weighted by molar-refractivity contribution is -0.134.